The first kappa shape index (κ1) is 20.1. The van der Waals surface area contributed by atoms with Gasteiger partial charge in [-0.15, -0.1) is 0 Å². The number of aromatic nitrogens is 2. The average Bonchev–Trinajstić information content (AvgIpc) is 3.21. The third-order valence-corrected chi connectivity index (χ3v) is 4.88. The van der Waals surface area contributed by atoms with Crippen LogP contribution in [-0.2, 0) is 13.2 Å². The Morgan fingerprint density at radius 3 is 2.64 bits per heavy atom. The molecule has 0 N–H and O–H groups in total. The third kappa shape index (κ3) is 5.22. The topological polar surface area (TPSA) is 53.4 Å². The van der Waals surface area contributed by atoms with Crippen LogP contribution in [0.5, 0.6) is 11.5 Å². The molecule has 5 nitrogen and oxygen atoms in total. The molecule has 0 spiro atoms. The minimum atomic E-state index is -0.125. The standard InChI is InChI=1S/C22H21IN2O3/c1-3-25-13-12-20(24-25)21(26)10-4-16-5-11-22(27-2)17(14-16)15-28-19-8-6-18(23)7-9-19/h4-14H,3,15H2,1-2H3/b10-4+. The maximum absolute atomic E-state index is 12.3. The van der Waals surface area contributed by atoms with Gasteiger partial charge in [-0.1, -0.05) is 12.1 Å². The molecular formula is C22H21IN2O3. The Hall–Kier alpha value is -2.61. The van der Waals surface area contributed by atoms with Gasteiger partial charge < -0.3 is 9.47 Å². The predicted molar refractivity (Wildman–Crippen MR) is 118 cm³/mol. The number of aryl methyl sites for hydroxylation is 1. The number of ether oxygens (including phenoxy) is 2. The van der Waals surface area contributed by atoms with Crippen molar-refractivity contribution >= 4 is 34.5 Å². The van der Waals surface area contributed by atoms with Gasteiger partial charge in [0.2, 0.25) is 5.78 Å². The summed E-state index contributed by atoms with van der Waals surface area (Å²) >= 11 is 2.26. The van der Waals surface area contributed by atoms with Crippen molar-refractivity contribution in [2.75, 3.05) is 7.11 Å². The molecule has 0 radical (unpaired) electrons. The maximum Gasteiger partial charge on any atom is 0.206 e. The van der Waals surface area contributed by atoms with E-state index in [0.29, 0.717) is 12.3 Å². The first-order valence-corrected chi connectivity index (χ1v) is 9.98. The van der Waals surface area contributed by atoms with E-state index in [4.69, 9.17) is 9.47 Å². The van der Waals surface area contributed by atoms with Gasteiger partial charge in [0, 0.05) is 21.9 Å². The molecule has 0 amide bonds. The molecule has 2 aromatic carbocycles. The van der Waals surface area contributed by atoms with Gasteiger partial charge >= 0.3 is 0 Å². The van der Waals surface area contributed by atoms with Gasteiger partial charge in [0.05, 0.1) is 7.11 Å². The van der Waals surface area contributed by atoms with E-state index in [1.807, 2.05) is 49.4 Å². The van der Waals surface area contributed by atoms with Gasteiger partial charge in [0.15, 0.2) is 0 Å². The van der Waals surface area contributed by atoms with Crippen molar-refractivity contribution in [2.24, 2.45) is 0 Å². The van der Waals surface area contributed by atoms with E-state index in [2.05, 4.69) is 27.7 Å². The zero-order valence-corrected chi connectivity index (χ0v) is 17.9. The Balaban J connectivity index is 1.72. The summed E-state index contributed by atoms with van der Waals surface area (Å²) in [5.74, 6) is 1.42. The lowest BCUT2D eigenvalue weighted by molar-refractivity contribution is 0.104. The number of halogens is 1. The minimum absolute atomic E-state index is 0.125. The summed E-state index contributed by atoms with van der Waals surface area (Å²) in [7, 11) is 1.63. The normalized spacial score (nSPS) is 11.0. The number of benzene rings is 2. The quantitative estimate of drug-likeness (QED) is 0.255. The number of hydrogen-bond acceptors (Lipinski definition) is 4. The summed E-state index contributed by atoms with van der Waals surface area (Å²) in [6, 6.07) is 15.3. The van der Waals surface area contributed by atoms with Gasteiger partial charge in [0.25, 0.3) is 0 Å². The highest BCUT2D eigenvalue weighted by Gasteiger charge is 2.08. The van der Waals surface area contributed by atoms with Crippen LogP contribution in [0.15, 0.2) is 60.8 Å². The molecule has 0 aliphatic carbocycles. The van der Waals surface area contributed by atoms with E-state index in [9.17, 15) is 4.79 Å². The van der Waals surface area contributed by atoms with Crippen LogP contribution in [0.2, 0.25) is 0 Å². The van der Waals surface area contributed by atoms with Gasteiger partial charge in [0.1, 0.15) is 23.8 Å². The second-order valence-corrected chi connectivity index (χ2v) is 7.31. The Kier molecular flexibility index (Phi) is 6.86. The van der Waals surface area contributed by atoms with Crippen molar-refractivity contribution in [3.8, 4) is 11.5 Å². The van der Waals surface area contributed by atoms with Gasteiger partial charge in [-0.25, -0.2) is 0 Å². The molecule has 0 fully saturated rings. The SMILES string of the molecule is CCn1ccc(C(=O)/C=C/c2ccc(OC)c(COc3ccc(I)cc3)c2)n1. The van der Waals surface area contributed by atoms with Crippen molar-refractivity contribution in [3.63, 3.8) is 0 Å². The number of ketones is 1. The third-order valence-electron chi connectivity index (χ3n) is 4.16. The highest BCUT2D eigenvalue weighted by Crippen LogP contribution is 2.23. The summed E-state index contributed by atoms with van der Waals surface area (Å²) in [6.07, 6.45) is 5.11. The molecule has 0 saturated heterocycles. The van der Waals surface area contributed by atoms with Crippen molar-refractivity contribution in [3.05, 3.63) is 81.2 Å². The van der Waals surface area contributed by atoms with Gasteiger partial charge in [-0.05, 0) is 83.6 Å². The summed E-state index contributed by atoms with van der Waals surface area (Å²) in [5, 5.41) is 4.23. The Bertz CT molecular complexity index is 978. The van der Waals surface area contributed by atoms with E-state index in [1.165, 1.54) is 6.08 Å². The fraction of sp³-hybridized carbons (Fsp3) is 0.182. The predicted octanol–water partition coefficient (Wildman–Crippen LogP) is 4.99. The van der Waals surface area contributed by atoms with E-state index in [1.54, 1.807) is 30.1 Å². The second kappa shape index (κ2) is 9.54. The Morgan fingerprint density at radius 1 is 1.18 bits per heavy atom. The number of carbonyl (C=O) groups is 1. The fourth-order valence-corrected chi connectivity index (χ4v) is 2.99. The number of rotatable bonds is 8. The molecule has 1 aromatic heterocycles. The summed E-state index contributed by atoms with van der Waals surface area (Å²) in [5.41, 5.74) is 2.24. The number of allylic oxidation sites excluding steroid dienone is 1. The highest BCUT2D eigenvalue weighted by molar-refractivity contribution is 14.1. The van der Waals surface area contributed by atoms with Crippen molar-refractivity contribution in [2.45, 2.75) is 20.1 Å². The summed E-state index contributed by atoms with van der Waals surface area (Å²) < 4.78 is 14.2. The molecule has 144 valence electrons. The Morgan fingerprint density at radius 2 is 1.96 bits per heavy atom. The molecule has 0 atom stereocenters. The number of methoxy groups -OCH3 is 1. The maximum atomic E-state index is 12.3. The van der Waals surface area contributed by atoms with Crippen LogP contribution in [0.1, 0.15) is 28.5 Å². The van der Waals surface area contributed by atoms with Crippen LogP contribution in [0.25, 0.3) is 6.08 Å². The molecule has 3 rings (SSSR count). The number of carbonyl (C=O) groups excluding carboxylic acids is 1. The van der Waals surface area contributed by atoms with Crippen LogP contribution in [0.3, 0.4) is 0 Å². The van der Waals surface area contributed by atoms with E-state index < -0.39 is 0 Å². The second-order valence-electron chi connectivity index (χ2n) is 6.07. The van der Waals surface area contributed by atoms with Crippen LogP contribution >= 0.6 is 22.6 Å². The zero-order chi connectivity index (χ0) is 19.9. The molecule has 0 aliphatic heterocycles. The monoisotopic (exact) mass is 488 g/mol. The van der Waals surface area contributed by atoms with Crippen LogP contribution in [-0.4, -0.2) is 22.7 Å². The lowest BCUT2D eigenvalue weighted by Gasteiger charge is -2.11. The summed E-state index contributed by atoms with van der Waals surface area (Å²) in [6.45, 7) is 3.09. The lowest BCUT2D eigenvalue weighted by atomic mass is 10.1. The summed E-state index contributed by atoms with van der Waals surface area (Å²) in [4.78, 5) is 12.3. The first-order valence-electron chi connectivity index (χ1n) is 8.90. The minimum Gasteiger partial charge on any atom is -0.496 e. The number of hydrogen-bond donors (Lipinski definition) is 0. The van der Waals surface area contributed by atoms with Crippen molar-refractivity contribution in [1.29, 1.82) is 0 Å². The molecule has 3 aromatic rings. The van der Waals surface area contributed by atoms with Crippen molar-refractivity contribution < 1.29 is 14.3 Å². The molecule has 1 heterocycles. The molecule has 6 heteroatoms. The largest absolute Gasteiger partial charge is 0.496 e. The van der Waals surface area contributed by atoms with Crippen molar-refractivity contribution in [1.82, 2.24) is 9.78 Å². The van der Waals surface area contributed by atoms with Gasteiger partial charge in [-0.2, -0.15) is 5.10 Å². The fourth-order valence-electron chi connectivity index (χ4n) is 2.63. The molecule has 0 unspecified atom stereocenters. The molecule has 0 aliphatic rings. The zero-order valence-electron chi connectivity index (χ0n) is 15.8. The lowest BCUT2D eigenvalue weighted by Crippen LogP contribution is -2.00. The van der Waals surface area contributed by atoms with E-state index in [-0.39, 0.29) is 5.78 Å². The van der Waals surface area contributed by atoms with E-state index in [0.717, 1.165) is 32.7 Å². The smallest absolute Gasteiger partial charge is 0.206 e. The van der Waals surface area contributed by atoms with E-state index >= 15 is 0 Å². The highest BCUT2D eigenvalue weighted by atomic mass is 127. The van der Waals surface area contributed by atoms with Crippen LogP contribution < -0.4 is 9.47 Å². The Labute approximate surface area is 178 Å². The van der Waals surface area contributed by atoms with Crippen LogP contribution in [0.4, 0.5) is 0 Å². The average molecular weight is 488 g/mol. The molecule has 0 saturated carbocycles. The molecular weight excluding hydrogens is 467 g/mol. The first-order chi connectivity index (χ1) is 13.6. The van der Waals surface area contributed by atoms with Gasteiger partial charge in [-0.3, -0.25) is 9.48 Å². The van der Waals surface area contributed by atoms with Crippen LogP contribution in [0, 0.1) is 3.57 Å². The number of nitrogens with zero attached hydrogens (tertiary/aromatic N) is 2. The molecule has 28 heavy (non-hydrogen) atoms. The molecule has 0 bridgehead atoms.